The lowest BCUT2D eigenvalue weighted by molar-refractivity contribution is -0.123. The molecular weight excluding hydrogens is 406 g/mol. The zero-order valence-electron chi connectivity index (χ0n) is 15.5. The Morgan fingerprint density at radius 1 is 1.11 bits per heavy atom. The van der Waals surface area contributed by atoms with Gasteiger partial charge in [0.15, 0.2) is 0 Å². The Balaban J connectivity index is 2.16. The van der Waals surface area contributed by atoms with Crippen molar-refractivity contribution in [1.29, 1.82) is 0 Å². The summed E-state index contributed by atoms with van der Waals surface area (Å²) in [7, 11) is -4.22. The van der Waals surface area contributed by atoms with Gasteiger partial charge >= 0.3 is 0 Å². The molecule has 0 aromatic heterocycles. The first-order valence-corrected chi connectivity index (χ1v) is 11.4. The van der Waals surface area contributed by atoms with Crippen molar-refractivity contribution < 1.29 is 22.0 Å². The van der Waals surface area contributed by atoms with Crippen molar-refractivity contribution in [3.8, 4) is 0 Å². The largest absolute Gasteiger partial charge is 0.348 e. The molecule has 2 unspecified atom stereocenters. The molecular formula is C19H22F2N2O3S2. The van der Waals surface area contributed by atoms with Crippen LogP contribution >= 0.6 is 11.8 Å². The summed E-state index contributed by atoms with van der Waals surface area (Å²) in [5, 5.41) is 2.72. The standard InChI is InChI=1S/C19H22F2N2O3S2/c1-13(14-7-9-15(20)10-8-14)22-19(24)17(11-12-27-2)23-28(25,26)18-6-4-3-5-16(18)21/h3-10,13,17,23H,11-12H2,1-2H3,(H,22,24). The molecule has 2 aromatic carbocycles. The summed E-state index contributed by atoms with van der Waals surface area (Å²) in [6.07, 6.45) is 2.07. The lowest BCUT2D eigenvalue weighted by Crippen LogP contribution is -2.47. The number of nitrogens with one attached hydrogen (secondary N) is 2. The van der Waals surface area contributed by atoms with Crippen LogP contribution in [-0.4, -0.2) is 32.4 Å². The van der Waals surface area contributed by atoms with Crippen LogP contribution in [0.3, 0.4) is 0 Å². The van der Waals surface area contributed by atoms with Crippen LogP contribution in [0.1, 0.15) is 24.9 Å². The fourth-order valence-corrected chi connectivity index (χ4v) is 4.32. The van der Waals surface area contributed by atoms with Gasteiger partial charge in [0.1, 0.15) is 22.6 Å². The molecule has 9 heteroatoms. The van der Waals surface area contributed by atoms with Crippen LogP contribution in [0.2, 0.25) is 0 Å². The van der Waals surface area contributed by atoms with Gasteiger partial charge in [0.2, 0.25) is 15.9 Å². The average molecular weight is 429 g/mol. The monoisotopic (exact) mass is 428 g/mol. The summed E-state index contributed by atoms with van der Waals surface area (Å²) in [5.74, 6) is -1.29. The van der Waals surface area contributed by atoms with Crippen LogP contribution < -0.4 is 10.0 Å². The van der Waals surface area contributed by atoms with Crippen molar-refractivity contribution >= 4 is 27.7 Å². The Morgan fingerprint density at radius 2 is 1.75 bits per heavy atom. The van der Waals surface area contributed by atoms with E-state index in [2.05, 4.69) is 10.0 Å². The minimum Gasteiger partial charge on any atom is -0.348 e. The summed E-state index contributed by atoms with van der Waals surface area (Å²) < 4.78 is 54.3. The number of carbonyl (C=O) groups is 1. The second kappa shape index (κ2) is 9.99. The Bertz CT molecular complexity index is 906. The molecule has 0 aliphatic heterocycles. The Labute approximate surface area is 168 Å². The maximum absolute atomic E-state index is 13.9. The van der Waals surface area contributed by atoms with Gasteiger partial charge in [0.25, 0.3) is 0 Å². The number of rotatable bonds is 9. The molecule has 5 nitrogen and oxygen atoms in total. The van der Waals surface area contributed by atoms with Crippen LogP contribution in [-0.2, 0) is 14.8 Å². The van der Waals surface area contributed by atoms with E-state index in [4.69, 9.17) is 0 Å². The SMILES string of the molecule is CSCCC(NS(=O)(=O)c1ccccc1F)C(=O)NC(C)c1ccc(F)cc1. The second-order valence-corrected chi connectivity index (χ2v) is 8.84. The summed E-state index contributed by atoms with van der Waals surface area (Å²) in [4.78, 5) is 12.2. The predicted octanol–water partition coefficient (Wildman–Crippen LogP) is 3.24. The fraction of sp³-hybridized carbons (Fsp3) is 0.316. The molecule has 28 heavy (non-hydrogen) atoms. The molecule has 0 fully saturated rings. The first-order chi connectivity index (χ1) is 13.2. The van der Waals surface area contributed by atoms with Crippen molar-refractivity contribution in [3.05, 3.63) is 65.7 Å². The number of amides is 1. The van der Waals surface area contributed by atoms with Gasteiger partial charge in [-0.15, -0.1) is 0 Å². The average Bonchev–Trinajstić information content (AvgIpc) is 2.65. The summed E-state index contributed by atoms with van der Waals surface area (Å²) in [6.45, 7) is 1.71. The lowest BCUT2D eigenvalue weighted by atomic mass is 10.1. The molecule has 2 atom stereocenters. The summed E-state index contributed by atoms with van der Waals surface area (Å²) in [5.41, 5.74) is 0.676. The zero-order chi connectivity index (χ0) is 20.7. The minimum absolute atomic E-state index is 0.233. The third kappa shape index (κ3) is 6.02. The number of halogens is 2. The highest BCUT2D eigenvalue weighted by Crippen LogP contribution is 2.17. The van der Waals surface area contributed by atoms with Gasteiger partial charge in [-0.25, -0.2) is 17.2 Å². The minimum atomic E-state index is -4.22. The molecule has 152 valence electrons. The highest BCUT2D eigenvalue weighted by atomic mass is 32.2. The molecule has 2 rings (SSSR count). The molecule has 0 spiro atoms. The Morgan fingerprint density at radius 3 is 2.36 bits per heavy atom. The molecule has 0 saturated carbocycles. The van der Waals surface area contributed by atoms with E-state index in [1.807, 2.05) is 6.26 Å². The third-order valence-electron chi connectivity index (χ3n) is 4.08. The molecule has 0 heterocycles. The van der Waals surface area contributed by atoms with E-state index in [9.17, 15) is 22.0 Å². The normalized spacial score (nSPS) is 13.7. The van der Waals surface area contributed by atoms with Gasteiger partial charge in [0, 0.05) is 0 Å². The van der Waals surface area contributed by atoms with Gasteiger partial charge in [-0.3, -0.25) is 4.79 Å². The highest BCUT2D eigenvalue weighted by molar-refractivity contribution is 7.98. The van der Waals surface area contributed by atoms with E-state index in [1.54, 1.807) is 19.1 Å². The van der Waals surface area contributed by atoms with E-state index in [0.717, 1.165) is 12.1 Å². The first-order valence-electron chi connectivity index (χ1n) is 8.56. The number of thioether (sulfide) groups is 1. The molecule has 0 saturated heterocycles. The van der Waals surface area contributed by atoms with Crippen LogP contribution in [0.4, 0.5) is 8.78 Å². The van der Waals surface area contributed by atoms with Crippen molar-refractivity contribution in [2.24, 2.45) is 0 Å². The Hall–Kier alpha value is -1.97. The zero-order valence-corrected chi connectivity index (χ0v) is 17.1. The topological polar surface area (TPSA) is 75.3 Å². The molecule has 0 radical (unpaired) electrons. The van der Waals surface area contributed by atoms with Gasteiger partial charge in [-0.1, -0.05) is 24.3 Å². The number of hydrogen-bond acceptors (Lipinski definition) is 4. The van der Waals surface area contributed by atoms with Crippen LogP contribution in [0, 0.1) is 11.6 Å². The summed E-state index contributed by atoms with van der Waals surface area (Å²) >= 11 is 1.46. The van der Waals surface area contributed by atoms with Crippen LogP contribution in [0.15, 0.2) is 53.4 Å². The predicted molar refractivity (Wildman–Crippen MR) is 106 cm³/mol. The molecule has 0 bridgehead atoms. The number of carbonyl (C=O) groups excluding carboxylic acids is 1. The van der Waals surface area contributed by atoms with Crippen LogP contribution in [0.5, 0.6) is 0 Å². The Kier molecular flexibility index (Phi) is 7.97. The second-order valence-electron chi connectivity index (χ2n) is 6.17. The van der Waals surface area contributed by atoms with E-state index < -0.39 is 44.5 Å². The third-order valence-corrected chi connectivity index (χ3v) is 6.23. The van der Waals surface area contributed by atoms with Gasteiger partial charge in [-0.05, 0) is 55.2 Å². The maximum atomic E-state index is 13.9. The van der Waals surface area contributed by atoms with Gasteiger partial charge in [0.05, 0.1) is 6.04 Å². The first kappa shape index (κ1) is 22.3. The number of hydrogen-bond donors (Lipinski definition) is 2. The van der Waals surface area contributed by atoms with E-state index in [-0.39, 0.29) is 6.42 Å². The van der Waals surface area contributed by atoms with Crippen molar-refractivity contribution in [2.45, 2.75) is 30.3 Å². The smallest absolute Gasteiger partial charge is 0.244 e. The van der Waals surface area contributed by atoms with E-state index in [0.29, 0.717) is 11.3 Å². The quantitative estimate of drug-likeness (QED) is 0.643. The lowest BCUT2D eigenvalue weighted by Gasteiger charge is -2.21. The molecule has 0 aliphatic carbocycles. The van der Waals surface area contributed by atoms with E-state index >= 15 is 0 Å². The number of sulfonamides is 1. The van der Waals surface area contributed by atoms with Gasteiger partial charge in [-0.2, -0.15) is 16.5 Å². The fourth-order valence-electron chi connectivity index (χ4n) is 2.54. The van der Waals surface area contributed by atoms with Crippen molar-refractivity contribution in [3.63, 3.8) is 0 Å². The van der Waals surface area contributed by atoms with Crippen molar-refractivity contribution in [2.75, 3.05) is 12.0 Å². The maximum Gasteiger partial charge on any atom is 0.244 e. The van der Waals surface area contributed by atoms with Crippen molar-refractivity contribution in [1.82, 2.24) is 10.0 Å². The molecule has 0 aliphatic rings. The van der Waals surface area contributed by atoms with E-state index in [1.165, 1.54) is 36.0 Å². The number of benzene rings is 2. The van der Waals surface area contributed by atoms with Crippen LogP contribution in [0.25, 0.3) is 0 Å². The summed E-state index contributed by atoms with van der Waals surface area (Å²) in [6, 6.07) is 9.10. The molecule has 1 amide bonds. The molecule has 2 aromatic rings. The van der Waals surface area contributed by atoms with Gasteiger partial charge < -0.3 is 5.32 Å². The highest BCUT2D eigenvalue weighted by Gasteiger charge is 2.28. The molecule has 2 N–H and O–H groups in total.